The molecular formula is C25H20ClFN4O3. The number of halogens is 2. The van der Waals surface area contributed by atoms with Crippen molar-refractivity contribution in [2.45, 2.75) is 24.4 Å². The third kappa shape index (κ3) is 5.03. The summed E-state index contributed by atoms with van der Waals surface area (Å²) in [6.45, 7) is 0.00114. The summed E-state index contributed by atoms with van der Waals surface area (Å²) in [5.41, 5.74) is 11.5. The zero-order valence-electron chi connectivity index (χ0n) is 17.9. The van der Waals surface area contributed by atoms with Crippen LogP contribution in [0.25, 0.3) is 10.4 Å². The van der Waals surface area contributed by atoms with E-state index in [1.165, 1.54) is 12.1 Å². The minimum atomic E-state index is -1.26. The molecule has 7 nitrogen and oxygen atoms in total. The highest BCUT2D eigenvalue weighted by Crippen LogP contribution is 2.34. The van der Waals surface area contributed by atoms with Gasteiger partial charge in [0, 0.05) is 15.9 Å². The number of ether oxygens (including phenoxy) is 1. The summed E-state index contributed by atoms with van der Waals surface area (Å²) in [5, 5.41) is 4.32. The Balaban J connectivity index is 1.74. The molecule has 9 heteroatoms. The smallest absolute Gasteiger partial charge is 0.417 e. The molecule has 34 heavy (non-hydrogen) atoms. The third-order valence-corrected chi connectivity index (χ3v) is 6.02. The first-order chi connectivity index (χ1) is 16.5. The average Bonchev–Trinajstić information content (AvgIpc) is 3.24. The highest BCUT2D eigenvalue weighted by molar-refractivity contribution is 6.30. The molecule has 2 amide bonds. The molecule has 0 unspecified atom stereocenters. The van der Waals surface area contributed by atoms with Crippen molar-refractivity contribution in [3.8, 4) is 0 Å². The maximum atomic E-state index is 13.7. The number of rotatable bonds is 7. The van der Waals surface area contributed by atoms with Crippen molar-refractivity contribution in [1.29, 1.82) is 0 Å². The van der Waals surface area contributed by atoms with Gasteiger partial charge in [0.2, 0.25) is 5.91 Å². The second-order valence-corrected chi connectivity index (χ2v) is 8.29. The summed E-state index contributed by atoms with van der Waals surface area (Å²) >= 11 is 6.05. The lowest BCUT2D eigenvalue weighted by atomic mass is 9.85. The molecule has 3 atom stereocenters. The fraction of sp³-hybridized carbons (Fsp3) is 0.200. The lowest BCUT2D eigenvalue weighted by Gasteiger charge is -2.28. The standard InChI is InChI=1S/C25H20ClFN4O3/c26-19-10-8-17(9-11-19)21(14-16-6-12-20(27)13-7-16)23(29-30-28)24(32)31-22(15-34-25(31)33)18-4-2-1-3-5-18/h1-13,21-23H,14-15H2/t21-,22-,23-/m1/s1. The quantitative estimate of drug-likeness (QED) is 0.229. The van der Waals surface area contributed by atoms with Gasteiger partial charge in [-0.1, -0.05) is 71.3 Å². The highest BCUT2D eigenvalue weighted by atomic mass is 35.5. The van der Waals surface area contributed by atoms with E-state index in [4.69, 9.17) is 16.3 Å². The molecule has 0 spiro atoms. The minimum Gasteiger partial charge on any atom is -0.446 e. The van der Waals surface area contributed by atoms with E-state index in [-0.39, 0.29) is 18.8 Å². The Morgan fingerprint density at radius 2 is 1.79 bits per heavy atom. The van der Waals surface area contributed by atoms with Crippen molar-refractivity contribution < 1.29 is 18.7 Å². The van der Waals surface area contributed by atoms with E-state index < -0.39 is 30.0 Å². The van der Waals surface area contributed by atoms with E-state index >= 15 is 0 Å². The molecule has 3 aromatic carbocycles. The van der Waals surface area contributed by atoms with Crippen molar-refractivity contribution in [2.24, 2.45) is 5.11 Å². The molecule has 3 aromatic rings. The van der Waals surface area contributed by atoms with Gasteiger partial charge >= 0.3 is 6.09 Å². The monoisotopic (exact) mass is 478 g/mol. The molecule has 1 saturated heterocycles. The molecule has 4 rings (SSSR count). The van der Waals surface area contributed by atoms with Crippen LogP contribution in [0.1, 0.15) is 28.7 Å². The van der Waals surface area contributed by atoms with Gasteiger partial charge in [-0.05, 0) is 52.9 Å². The van der Waals surface area contributed by atoms with E-state index in [1.54, 1.807) is 60.7 Å². The van der Waals surface area contributed by atoms with Crippen LogP contribution in [0, 0.1) is 5.82 Å². The lowest BCUT2D eigenvalue weighted by Crippen LogP contribution is -2.43. The first kappa shape index (κ1) is 23.3. The molecule has 1 aliphatic heterocycles. The van der Waals surface area contributed by atoms with Gasteiger partial charge in [0.1, 0.15) is 24.5 Å². The van der Waals surface area contributed by atoms with Crippen LogP contribution in [-0.4, -0.2) is 29.5 Å². The summed E-state index contributed by atoms with van der Waals surface area (Å²) in [6.07, 6.45) is -0.537. The Labute approximate surface area is 200 Å². The Morgan fingerprint density at radius 1 is 1.12 bits per heavy atom. The van der Waals surface area contributed by atoms with E-state index in [0.717, 1.165) is 16.0 Å². The molecule has 1 fully saturated rings. The van der Waals surface area contributed by atoms with E-state index in [2.05, 4.69) is 10.0 Å². The van der Waals surface area contributed by atoms with Gasteiger partial charge in [0.05, 0.1) is 0 Å². The maximum absolute atomic E-state index is 13.7. The molecule has 0 aromatic heterocycles. The lowest BCUT2D eigenvalue weighted by molar-refractivity contribution is -0.131. The van der Waals surface area contributed by atoms with Gasteiger partial charge in [-0.3, -0.25) is 4.79 Å². The van der Waals surface area contributed by atoms with Crippen molar-refractivity contribution in [2.75, 3.05) is 6.61 Å². The third-order valence-electron chi connectivity index (χ3n) is 5.77. The first-order valence-corrected chi connectivity index (χ1v) is 10.9. The van der Waals surface area contributed by atoms with E-state index in [9.17, 15) is 19.5 Å². The van der Waals surface area contributed by atoms with Crippen molar-refractivity contribution in [1.82, 2.24) is 4.90 Å². The molecule has 1 aliphatic rings. The minimum absolute atomic E-state index is 0.00114. The van der Waals surface area contributed by atoms with Crippen molar-refractivity contribution >= 4 is 23.6 Å². The van der Waals surface area contributed by atoms with E-state index in [0.29, 0.717) is 10.6 Å². The summed E-state index contributed by atoms with van der Waals surface area (Å²) in [4.78, 5) is 30.3. The van der Waals surface area contributed by atoms with Crippen LogP contribution in [0.4, 0.5) is 9.18 Å². The van der Waals surface area contributed by atoms with Crippen LogP contribution in [0.5, 0.6) is 0 Å². The SMILES string of the molecule is [N-]=[N+]=N[C@@H](C(=O)N1C(=O)OC[C@@H]1c1ccccc1)[C@H](Cc1ccc(F)cc1)c1ccc(Cl)cc1. The Kier molecular flexibility index (Phi) is 7.11. The molecule has 0 bridgehead atoms. The van der Waals surface area contributed by atoms with Gasteiger partial charge in [0.25, 0.3) is 0 Å². The van der Waals surface area contributed by atoms with Crippen LogP contribution in [0.3, 0.4) is 0 Å². The number of nitrogens with zero attached hydrogens (tertiary/aromatic N) is 4. The summed E-state index contributed by atoms with van der Waals surface area (Å²) in [7, 11) is 0. The predicted molar refractivity (Wildman–Crippen MR) is 125 cm³/mol. The van der Waals surface area contributed by atoms with Crippen LogP contribution < -0.4 is 0 Å². The molecule has 0 saturated carbocycles. The number of carbonyl (C=O) groups is 2. The van der Waals surface area contributed by atoms with Gasteiger partial charge in [0.15, 0.2) is 0 Å². The fourth-order valence-corrected chi connectivity index (χ4v) is 4.21. The van der Waals surface area contributed by atoms with Gasteiger partial charge < -0.3 is 4.74 Å². The molecule has 172 valence electrons. The Morgan fingerprint density at radius 3 is 2.44 bits per heavy atom. The molecular weight excluding hydrogens is 459 g/mol. The number of carbonyl (C=O) groups excluding carboxylic acids is 2. The van der Waals surface area contributed by atoms with Crippen LogP contribution in [0.15, 0.2) is 84.0 Å². The number of hydrogen-bond acceptors (Lipinski definition) is 4. The van der Waals surface area contributed by atoms with Gasteiger partial charge in [-0.25, -0.2) is 14.1 Å². The number of benzene rings is 3. The number of azide groups is 1. The van der Waals surface area contributed by atoms with E-state index in [1.807, 2.05) is 6.07 Å². The largest absolute Gasteiger partial charge is 0.446 e. The molecule has 0 radical (unpaired) electrons. The van der Waals surface area contributed by atoms with Crippen LogP contribution in [-0.2, 0) is 16.0 Å². The second-order valence-electron chi connectivity index (χ2n) is 7.85. The second kappa shape index (κ2) is 10.4. The summed E-state index contributed by atoms with van der Waals surface area (Å²) < 4.78 is 18.6. The predicted octanol–water partition coefficient (Wildman–Crippen LogP) is 6.20. The Bertz CT molecular complexity index is 1220. The van der Waals surface area contributed by atoms with Crippen LogP contribution in [0.2, 0.25) is 5.02 Å². The topological polar surface area (TPSA) is 95.4 Å². The highest BCUT2D eigenvalue weighted by Gasteiger charge is 2.43. The molecule has 1 heterocycles. The zero-order chi connectivity index (χ0) is 24.1. The first-order valence-electron chi connectivity index (χ1n) is 10.6. The van der Waals surface area contributed by atoms with Crippen molar-refractivity contribution in [3.63, 3.8) is 0 Å². The summed E-state index contributed by atoms with van der Waals surface area (Å²) in [6, 6.07) is 19.8. The fourth-order valence-electron chi connectivity index (χ4n) is 4.08. The van der Waals surface area contributed by atoms with Gasteiger partial charge in [-0.15, -0.1) is 0 Å². The number of cyclic esters (lactones) is 1. The molecule has 0 N–H and O–H groups in total. The van der Waals surface area contributed by atoms with Crippen molar-refractivity contribution in [3.05, 3.63) is 117 Å². The summed E-state index contributed by atoms with van der Waals surface area (Å²) in [5.74, 6) is -1.70. The van der Waals surface area contributed by atoms with Gasteiger partial charge in [-0.2, -0.15) is 0 Å². The number of imide groups is 1. The van der Waals surface area contributed by atoms with Crippen LogP contribution >= 0.6 is 11.6 Å². The molecule has 0 aliphatic carbocycles. The maximum Gasteiger partial charge on any atom is 0.417 e. The zero-order valence-corrected chi connectivity index (χ0v) is 18.7. The number of hydrogen-bond donors (Lipinski definition) is 0. The Hall–Kier alpha value is -3.87. The normalized spacial score (nSPS) is 16.9. The average molecular weight is 479 g/mol. The number of amides is 2.